The largest absolute Gasteiger partial charge is 0.486 e. The number of aryl methyl sites for hydroxylation is 1. The molecule has 0 aliphatic carbocycles. The normalized spacial score (nSPS) is 21.4. The first-order valence-electron chi connectivity index (χ1n) is 10.8. The van der Waals surface area contributed by atoms with E-state index in [0.717, 1.165) is 24.0 Å². The number of hydrogen-bond donors (Lipinski definition) is 0. The predicted octanol–water partition coefficient (Wildman–Crippen LogP) is 3.54. The number of amides is 2. The summed E-state index contributed by atoms with van der Waals surface area (Å²) >= 11 is 6.34. The molecule has 0 radical (unpaired) electrons. The molecule has 3 aliphatic heterocycles. The van der Waals surface area contributed by atoms with Crippen LogP contribution < -0.4 is 4.74 Å². The maximum Gasteiger partial charge on any atom is 0.225 e. The maximum atomic E-state index is 13.0. The zero-order valence-electron chi connectivity index (χ0n) is 17.9. The van der Waals surface area contributed by atoms with Gasteiger partial charge in [0.1, 0.15) is 11.4 Å². The Morgan fingerprint density at radius 3 is 2.33 bits per heavy atom. The summed E-state index contributed by atoms with van der Waals surface area (Å²) in [5, 5.41) is 0.623. The first-order chi connectivity index (χ1) is 14.2. The Hall–Kier alpha value is -2.08. The Labute approximate surface area is 182 Å². The summed E-state index contributed by atoms with van der Waals surface area (Å²) in [4.78, 5) is 41.2. The lowest BCUT2D eigenvalue weighted by Crippen LogP contribution is -2.54. The minimum atomic E-state index is -0.536. The molecule has 7 heteroatoms. The second-order valence-electron chi connectivity index (χ2n) is 9.00. The van der Waals surface area contributed by atoms with Gasteiger partial charge in [-0.25, -0.2) is 0 Å². The van der Waals surface area contributed by atoms with Gasteiger partial charge < -0.3 is 14.5 Å². The average Bonchev–Trinajstić information content (AvgIpc) is 2.72. The molecule has 2 amide bonds. The fourth-order valence-electron chi connectivity index (χ4n) is 5.11. The highest BCUT2D eigenvalue weighted by molar-refractivity contribution is 6.32. The van der Waals surface area contributed by atoms with E-state index in [-0.39, 0.29) is 23.5 Å². The number of nitrogens with zero attached hydrogens (tertiary/aromatic N) is 2. The molecule has 1 aromatic rings. The molecule has 4 rings (SSSR count). The number of hydrogen-bond acceptors (Lipinski definition) is 4. The van der Waals surface area contributed by atoms with Crippen molar-refractivity contribution in [2.24, 2.45) is 5.92 Å². The molecule has 0 aromatic heterocycles. The molecule has 0 atom stereocenters. The molecule has 2 saturated heterocycles. The first kappa shape index (κ1) is 21.2. The van der Waals surface area contributed by atoms with Crippen molar-refractivity contribution in [1.82, 2.24) is 9.80 Å². The molecule has 2 fully saturated rings. The molecule has 0 bridgehead atoms. The number of halogens is 1. The molecule has 162 valence electrons. The topological polar surface area (TPSA) is 66.9 Å². The van der Waals surface area contributed by atoms with Crippen LogP contribution in [0.15, 0.2) is 6.07 Å². The lowest BCUT2D eigenvalue weighted by molar-refractivity contribution is -0.143. The Morgan fingerprint density at radius 2 is 1.73 bits per heavy atom. The molecule has 0 N–H and O–H groups in total. The van der Waals surface area contributed by atoms with E-state index in [1.807, 2.05) is 29.7 Å². The standard InChI is InChI=1S/C23H29ClN2O4/c1-14-12-19-20(15(2)21(14)24)18(28)13-23(30-19)6-10-26(11-7-23)22(29)17-4-8-25(9-5-17)16(3)27/h12,17H,4-11,13H2,1-3H3. The van der Waals surface area contributed by atoms with Crippen molar-refractivity contribution >= 4 is 29.2 Å². The van der Waals surface area contributed by atoms with Crippen LogP contribution in [0.2, 0.25) is 5.02 Å². The number of Topliss-reactive ketones (excluding diaryl/α,β-unsaturated/α-hetero) is 1. The van der Waals surface area contributed by atoms with E-state index in [2.05, 4.69) is 0 Å². The molecular weight excluding hydrogens is 404 g/mol. The Kier molecular flexibility index (Phi) is 5.56. The third kappa shape index (κ3) is 3.70. The molecule has 1 aromatic carbocycles. The zero-order valence-corrected chi connectivity index (χ0v) is 18.7. The van der Waals surface area contributed by atoms with Gasteiger partial charge >= 0.3 is 0 Å². The van der Waals surface area contributed by atoms with Crippen molar-refractivity contribution < 1.29 is 19.1 Å². The van der Waals surface area contributed by atoms with Gasteiger partial charge in [0.05, 0.1) is 12.0 Å². The van der Waals surface area contributed by atoms with E-state index in [1.54, 1.807) is 6.92 Å². The van der Waals surface area contributed by atoms with Crippen LogP contribution in [0, 0.1) is 19.8 Å². The minimum absolute atomic E-state index is 0.0169. The number of ether oxygens (including phenoxy) is 1. The average molecular weight is 433 g/mol. The monoisotopic (exact) mass is 432 g/mol. The quantitative estimate of drug-likeness (QED) is 0.680. The smallest absolute Gasteiger partial charge is 0.225 e. The van der Waals surface area contributed by atoms with E-state index in [4.69, 9.17) is 16.3 Å². The van der Waals surface area contributed by atoms with Crippen LogP contribution in [-0.2, 0) is 9.59 Å². The van der Waals surface area contributed by atoms with Crippen LogP contribution in [-0.4, -0.2) is 59.2 Å². The first-order valence-corrected chi connectivity index (χ1v) is 11.1. The van der Waals surface area contributed by atoms with Gasteiger partial charge in [0.15, 0.2) is 5.78 Å². The van der Waals surface area contributed by atoms with Crippen LogP contribution in [0.25, 0.3) is 0 Å². The summed E-state index contributed by atoms with van der Waals surface area (Å²) in [7, 11) is 0. The SMILES string of the molecule is CC(=O)N1CCC(C(=O)N2CCC3(CC2)CC(=O)c2c(cc(C)c(Cl)c2C)O3)CC1. The fraction of sp³-hybridized carbons (Fsp3) is 0.609. The van der Waals surface area contributed by atoms with Gasteiger partial charge in [-0.3, -0.25) is 14.4 Å². The second kappa shape index (κ2) is 7.88. The lowest BCUT2D eigenvalue weighted by Gasteiger charge is -2.45. The van der Waals surface area contributed by atoms with Crippen LogP contribution in [0.4, 0.5) is 0 Å². The van der Waals surface area contributed by atoms with Crippen molar-refractivity contribution in [3.63, 3.8) is 0 Å². The second-order valence-corrected chi connectivity index (χ2v) is 9.37. The third-order valence-corrected chi connectivity index (χ3v) is 7.59. The van der Waals surface area contributed by atoms with E-state index in [9.17, 15) is 14.4 Å². The van der Waals surface area contributed by atoms with Crippen LogP contribution in [0.5, 0.6) is 5.75 Å². The lowest BCUT2D eigenvalue weighted by atomic mass is 9.81. The summed E-state index contributed by atoms with van der Waals surface area (Å²) < 4.78 is 6.40. The number of carbonyl (C=O) groups excluding carboxylic acids is 3. The van der Waals surface area contributed by atoms with Crippen molar-refractivity contribution in [3.05, 3.63) is 27.8 Å². The summed E-state index contributed by atoms with van der Waals surface area (Å²) in [5.74, 6) is 0.937. The van der Waals surface area contributed by atoms with Crippen LogP contribution >= 0.6 is 11.6 Å². The van der Waals surface area contributed by atoms with Gasteiger partial charge in [-0.05, 0) is 43.9 Å². The molecule has 0 unspecified atom stereocenters. The third-order valence-electron chi connectivity index (χ3n) is 7.01. The number of benzene rings is 1. The number of carbonyl (C=O) groups is 3. The van der Waals surface area contributed by atoms with E-state index < -0.39 is 5.60 Å². The highest BCUT2D eigenvalue weighted by atomic mass is 35.5. The zero-order chi connectivity index (χ0) is 21.6. The Balaban J connectivity index is 1.42. The van der Waals surface area contributed by atoms with Gasteiger partial charge in [0.25, 0.3) is 0 Å². The Morgan fingerprint density at radius 1 is 1.10 bits per heavy atom. The molecule has 0 saturated carbocycles. The number of rotatable bonds is 1. The summed E-state index contributed by atoms with van der Waals surface area (Å²) in [5.41, 5.74) is 1.76. The van der Waals surface area contributed by atoms with Gasteiger partial charge in [0, 0.05) is 56.9 Å². The minimum Gasteiger partial charge on any atom is -0.486 e. The van der Waals surface area contributed by atoms with E-state index in [1.165, 1.54) is 0 Å². The van der Waals surface area contributed by atoms with Gasteiger partial charge in [-0.15, -0.1) is 0 Å². The number of ketones is 1. The van der Waals surface area contributed by atoms with E-state index in [0.29, 0.717) is 61.8 Å². The maximum absolute atomic E-state index is 13.0. The van der Waals surface area contributed by atoms with Gasteiger partial charge in [-0.2, -0.15) is 0 Å². The number of fused-ring (bicyclic) bond motifs is 1. The van der Waals surface area contributed by atoms with Crippen LogP contribution in [0.3, 0.4) is 0 Å². The summed E-state index contributed by atoms with van der Waals surface area (Å²) in [6.07, 6.45) is 3.08. The van der Waals surface area contributed by atoms with Crippen molar-refractivity contribution in [1.29, 1.82) is 0 Å². The molecule has 6 nitrogen and oxygen atoms in total. The van der Waals surface area contributed by atoms with Crippen molar-refractivity contribution in [3.8, 4) is 5.75 Å². The van der Waals surface area contributed by atoms with Gasteiger partial charge in [0.2, 0.25) is 11.8 Å². The predicted molar refractivity (Wildman–Crippen MR) is 114 cm³/mol. The molecule has 3 aliphatic rings. The van der Waals surface area contributed by atoms with E-state index >= 15 is 0 Å². The molecular formula is C23H29ClN2O4. The highest BCUT2D eigenvalue weighted by Gasteiger charge is 2.45. The molecule has 1 spiro atoms. The summed E-state index contributed by atoms with van der Waals surface area (Å²) in [6.45, 7) is 7.86. The number of piperidine rings is 2. The highest BCUT2D eigenvalue weighted by Crippen LogP contribution is 2.43. The van der Waals surface area contributed by atoms with Crippen molar-refractivity contribution in [2.75, 3.05) is 26.2 Å². The van der Waals surface area contributed by atoms with Gasteiger partial charge in [-0.1, -0.05) is 11.6 Å². The molecule has 30 heavy (non-hydrogen) atoms. The number of likely N-dealkylation sites (tertiary alicyclic amines) is 2. The summed E-state index contributed by atoms with van der Waals surface area (Å²) in [6, 6.07) is 1.86. The molecule has 3 heterocycles. The Bertz CT molecular complexity index is 897. The van der Waals surface area contributed by atoms with Crippen molar-refractivity contribution in [2.45, 2.75) is 58.5 Å². The van der Waals surface area contributed by atoms with Crippen LogP contribution in [0.1, 0.15) is 60.5 Å². The fourth-order valence-corrected chi connectivity index (χ4v) is 5.26.